The van der Waals surface area contributed by atoms with Crippen molar-refractivity contribution < 1.29 is 19.4 Å². The topological polar surface area (TPSA) is 83.0 Å². The molecule has 1 aromatic heterocycles. The number of amides is 2. The molecule has 0 bridgehead atoms. The number of nitrogens with zero attached hydrogens (tertiary/aromatic N) is 3. The Bertz CT molecular complexity index is 981. The Balaban J connectivity index is 1.52. The Hall–Kier alpha value is -3.21. The van der Waals surface area contributed by atoms with Gasteiger partial charge in [0, 0.05) is 43.1 Å². The summed E-state index contributed by atoms with van der Waals surface area (Å²) in [7, 11) is 1.46. The van der Waals surface area contributed by atoms with Crippen LogP contribution in [-0.4, -0.2) is 77.2 Å². The van der Waals surface area contributed by atoms with E-state index in [1.165, 1.54) is 7.11 Å². The number of aromatic nitrogens is 1. The fraction of sp³-hybridized carbons (Fsp3) is 0.348. The van der Waals surface area contributed by atoms with Gasteiger partial charge in [0.1, 0.15) is 6.61 Å². The van der Waals surface area contributed by atoms with Gasteiger partial charge in [-0.15, -0.1) is 0 Å². The molecular weight excluding hydrogens is 382 g/mol. The van der Waals surface area contributed by atoms with E-state index in [1.807, 2.05) is 36.4 Å². The van der Waals surface area contributed by atoms with Crippen LogP contribution in [0.2, 0.25) is 0 Å². The Morgan fingerprint density at radius 2 is 2.00 bits per heavy atom. The van der Waals surface area contributed by atoms with Crippen molar-refractivity contribution >= 4 is 11.8 Å². The van der Waals surface area contributed by atoms with E-state index in [0.29, 0.717) is 6.54 Å². The van der Waals surface area contributed by atoms with Gasteiger partial charge in [0.15, 0.2) is 0 Å². The SMILES string of the molecule is COCC(=O)N1CC(=O)N2[C@H](CO)[C@@H](c3ccc(C#Cc4cccnc4)cc3)[C@H]2C1. The molecule has 2 aliphatic heterocycles. The highest BCUT2D eigenvalue weighted by atomic mass is 16.5. The van der Waals surface area contributed by atoms with Crippen LogP contribution in [0.4, 0.5) is 0 Å². The van der Waals surface area contributed by atoms with E-state index in [-0.39, 0.29) is 49.6 Å². The van der Waals surface area contributed by atoms with Crippen molar-refractivity contribution in [3.05, 3.63) is 65.5 Å². The van der Waals surface area contributed by atoms with E-state index in [0.717, 1.165) is 16.7 Å². The van der Waals surface area contributed by atoms with Crippen LogP contribution < -0.4 is 0 Å². The van der Waals surface area contributed by atoms with Crippen LogP contribution in [0, 0.1) is 11.8 Å². The minimum absolute atomic E-state index is 0.0302. The smallest absolute Gasteiger partial charge is 0.249 e. The average Bonchev–Trinajstić information content (AvgIpc) is 2.75. The minimum Gasteiger partial charge on any atom is -0.394 e. The second-order valence-corrected chi connectivity index (χ2v) is 7.47. The number of hydrogen-bond donors (Lipinski definition) is 1. The molecule has 7 heteroatoms. The predicted molar refractivity (Wildman–Crippen MR) is 109 cm³/mol. The van der Waals surface area contributed by atoms with E-state index in [4.69, 9.17) is 4.74 Å². The van der Waals surface area contributed by atoms with Crippen molar-refractivity contribution in [1.82, 2.24) is 14.8 Å². The lowest BCUT2D eigenvalue weighted by Gasteiger charge is -2.58. The van der Waals surface area contributed by atoms with E-state index in [2.05, 4.69) is 16.8 Å². The zero-order valence-electron chi connectivity index (χ0n) is 16.7. The third kappa shape index (κ3) is 3.80. The molecule has 0 radical (unpaired) electrons. The first kappa shape index (κ1) is 20.1. The van der Waals surface area contributed by atoms with Gasteiger partial charge in [-0.05, 0) is 29.8 Å². The summed E-state index contributed by atoms with van der Waals surface area (Å²) < 4.78 is 4.92. The summed E-state index contributed by atoms with van der Waals surface area (Å²) in [6.07, 6.45) is 3.42. The molecule has 0 saturated carbocycles. The van der Waals surface area contributed by atoms with Gasteiger partial charge in [-0.3, -0.25) is 14.6 Å². The summed E-state index contributed by atoms with van der Waals surface area (Å²) in [5, 5.41) is 9.88. The number of benzene rings is 1. The number of carbonyl (C=O) groups is 2. The highest BCUT2D eigenvalue weighted by Crippen LogP contribution is 2.42. The fourth-order valence-electron chi connectivity index (χ4n) is 4.27. The third-order valence-electron chi connectivity index (χ3n) is 5.68. The molecular formula is C23H23N3O4. The number of ether oxygens (including phenoxy) is 1. The maximum atomic E-state index is 12.6. The van der Waals surface area contributed by atoms with Crippen LogP contribution in [0.5, 0.6) is 0 Å². The molecule has 2 saturated heterocycles. The molecule has 4 rings (SSSR count). The van der Waals surface area contributed by atoms with Crippen LogP contribution in [0.15, 0.2) is 48.8 Å². The van der Waals surface area contributed by atoms with E-state index >= 15 is 0 Å². The van der Waals surface area contributed by atoms with E-state index in [9.17, 15) is 14.7 Å². The standard InChI is InChI=1S/C23H23N3O4/c1-30-15-22(29)25-12-19-23(20(14-27)26(19)21(28)13-25)18-8-6-16(7-9-18)4-5-17-3-2-10-24-11-17/h2-3,6-11,19-20,23,27H,12-15H2,1H3/t19-,20-,23+/m1/s1. The van der Waals surface area contributed by atoms with Gasteiger partial charge in [-0.2, -0.15) is 0 Å². The molecule has 2 aliphatic rings. The van der Waals surface area contributed by atoms with Crippen molar-refractivity contribution in [1.29, 1.82) is 0 Å². The molecule has 3 heterocycles. The van der Waals surface area contributed by atoms with Crippen molar-refractivity contribution in [3.8, 4) is 11.8 Å². The summed E-state index contributed by atoms with van der Waals surface area (Å²) >= 11 is 0. The summed E-state index contributed by atoms with van der Waals surface area (Å²) in [6.45, 7) is 0.322. The Labute approximate surface area is 175 Å². The third-order valence-corrected chi connectivity index (χ3v) is 5.68. The predicted octanol–water partition coefficient (Wildman–Crippen LogP) is 0.625. The Kier molecular flexibility index (Phi) is 5.79. The molecule has 2 fully saturated rings. The van der Waals surface area contributed by atoms with Crippen molar-refractivity contribution in [2.24, 2.45) is 0 Å². The number of rotatable bonds is 4. The lowest BCUT2D eigenvalue weighted by Crippen LogP contribution is -2.73. The molecule has 154 valence electrons. The highest BCUT2D eigenvalue weighted by molar-refractivity contribution is 5.88. The molecule has 2 amide bonds. The Morgan fingerprint density at radius 1 is 1.23 bits per heavy atom. The largest absolute Gasteiger partial charge is 0.394 e. The summed E-state index contributed by atoms with van der Waals surface area (Å²) in [5.41, 5.74) is 2.74. The first-order chi connectivity index (χ1) is 14.6. The fourth-order valence-corrected chi connectivity index (χ4v) is 4.27. The number of methoxy groups -OCH3 is 1. The first-order valence-electron chi connectivity index (χ1n) is 9.83. The van der Waals surface area contributed by atoms with Crippen molar-refractivity contribution in [3.63, 3.8) is 0 Å². The van der Waals surface area contributed by atoms with Gasteiger partial charge in [-0.1, -0.05) is 24.0 Å². The second kappa shape index (κ2) is 8.66. The number of hydrogen-bond acceptors (Lipinski definition) is 5. The maximum Gasteiger partial charge on any atom is 0.249 e. The number of aliphatic hydroxyl groups is 1. The molecule has 7 nitrogen and oxygen atoms in total. The maximum absolute atomic E-state index is 12.6. The van der Waals surface area contributed by atoms with Crippen LogP contribution in [0.25, 0.3) is 0 Å². The second-order valence-electron chi connectivity index (χ2n) is 7.47. The minimum atomic E-state index is -0.269. The van der Waals surface area contributed by atoms with E-state index < -0.39 is 0 Å². The summed E-state index contributed by atoms with van der Waals surface area (Å²) in [5.74, 6) is 5.83. The number of piperazine rings is 1. The number of carbonyl (C=O) groups excluding carboxylic acids is 2. The molecule has 1 N–H and O–H groups in total. The Morgan fingerprint density at radius 3 is 2.67 bits per heavy atom. The van der Waals surface area contributed by atoms with Crippen LogP contribution in [-0.2, 0) is 14.3 Å². The summed E-state index contributed by atoms with van der Waals surface area (Å²) in [4.78, 5) is 32.1. The van der Waals surface area contributed by atoms with Gasteiger partial charge in [0.05, 0.1) is 25.2 Å². The van der Waals surface area contributed by atoms with Gasteiger partial charge in [0.25, 0.3) is 0 Å². The lowest BCUT2D eigenvalue weighted by molar-refractivity contribution is -0.168. The molecule has 0 aliphatic carbocycles. The number of pyridine rings is 1. The number of aliphatic hydroxyl groups excluding tert-OH is 1. The van der Waals surface area contributed by atoms with Crippen molar-refractivity contribution in [2.45, 2.75) is 18.0 Å². The van der Waals surface area contributed by atoms with Gasteiger partial charge in [-0.25, -0.2) is 0 Å². The molecule has 0 spiro atoms. The monoisotopic (exact) mass is 405 g/mol. The van der Waals surface area contributed by atoms with Crippen LogP contribution in [0.1, 0.15) is 22.6 Å². The summed E-state index contributed by atoms with van der Waals surface area (Å²) in [6, 6.07) is 11.2. The van der Waals surface area contributed by atoms with Gasteiger partial charge >= 0.3 is 0 Å². The molecule has 1 aromatic carbocycles. The lowest BCUT2D eigenvalue weighted by atomic mass is 9.73. The quantitative estimate of drug-likeness (QED) is 0.755. The molecule has 30 heavy (non-hydrogen) atoms. The van der Waals surface area contributed by atoms with Crippen molar-refractivity contribution in [2.75, 3.05) is 33.4 Å². The zero-order chi connectivity index (χ0) is 21.1. The molecule has 3 atom stereocenters. The van der Waals surface area contributed by atoms with Crippen LogP contribution >= 0.6 is 0 Å². The van der Waals surface area contributed by atoms with E-state index in [1.54, 1.807) is 22.2 Å². The zero-order valence-corrected chi connectivity index (χ0v) is 16.7. The first-order valence-corrected chi connectivity index (χ1v) is 9.83. The van der Waals surface area contributed by atoms with Gasteiger partial charge < -0.3 is 19.6 Å². The number of fused-ring (bicyclic) bond motifs is 1. The normalized spacial score (nSPS) is 22.6. The molecule has 2 aromatic rings. The highest BCUT2D eigenvalue weighted by Gasteiger charge is 2.54. The van der Waals surface area contributed by atoms with Crippen LogP contribution in [0.3, 0.4) is 0 Å². The molecule has 0 unspecified atom stereocenters. The average molecular weight is 405 g/mol. The van der Waals surface area contributed by atoms with Gasteiger partial charge in [0.2, 0.25) is 11.8 Å².